The Labute approximate surface area is 224 Å². The van der Waals surface area contributed by atoms with E-state index < -0.39 is 29.9 Å². The number of rotatable bonds is 6. The van der Waals surface area contributed by atoms with Gasteiger partial charge in [-0.05, 0) is 67.1 Å². The van der Waals surface area contributed by atoms with Crippen molar-refractivity contribution < 1.29 is 22.4 Å². The van der Waals surface area contributed by atoms with Crippen molar-refractivity contribution in [2.75, 3.05) is 18.0 Å². The minimum absolute atomic E-state index is 0.00362. The Morgan fingerprint density at radius 3 is 2.59 bits per heavy atom. The second-order valence-corrected chi connectivity index (χ2v) is 11.3. The zero-order valence-corrected chi connectivity index (χ0v) is 22.0. The first-order chi connectivity index (χ1) is 18.6. The lowest BCUT2D eigenvalue weighted by Crippen LogP contribution is -2.37. The van der Waals surface area contributed by atoms with E-state index in [0.717, 1.165) is 36.7 Å². The largest absolute Gasteiger partial charge is 0.416 e. The zero-order chi connectivity index (χ0) is 27.5. The standard InChI is InChI=1S/C29H31F4N5O/c1-18(37-10-7-21(30)15-37)19-11-23-24(25(12-19)29(31,32)33)16-38(27(23)39)22-6-3-5-20(13-22)28(8-4-9-28)14-26-35-34-17-36(26)2/h3,5-6,11-13,17-18,21H,4,7-10,14-16H2,1-2H3/t18-,21+/m1/s1. The molecule has 3 aromatic rings. The number of hydrogen-bond donors (Lipinski definition) is 0. The molecular weight excluding hydrogens is 510 g/mol. The fourth-order valence-electron chi connectivity index (χ4n) is 6.38. The van der Waals surface area contributed by atoms with Gasteiger partial charge in [-0.15, -0.1) is 10.2 Å². The van der Waals surface area contributed by atoms with E-state index in [1.165, 1.54) is 4.90 Å². The van der Waals surface area contributed by atoms with Crippen LogP contribution in [-0.4, -0.2) is 44.8 Å². The van der Waals surface area contributed by atoms with E-state index in [2.05, 4.69) is 10.2 Å². The van der Waals surface area contributed by atoms with Gasteiger partial charge in [-0.25, -0.2) is 4.39 Å². The molecule has 1 aromatic heterocycles. The molecule has 1 aliphatic carbocycles. The highest BCUT2D eigenvalue weighted by Gasteiger charge is 2.43. The fraction of sp³-hybridized carbons (Fsp3) is 0.483. The molecule has 206 valence electrons. The van der Waals surface area contributed by atoms with E-state index >= 15 is 0 Å². The summed E-state index contributed by atoms with van der Waals surface area (Å²) < 4.78 is 58.5. The van der Waals surface area contributed by atoms with Crippen LogP contribution in [-0.2, 0) is 31.6 Å². The van der Waals surface area contributed by atoms with Crippen LogP contribution in [0.15, 0.2) is 42.7 Å². The van der Waals surface area contributed by atoms with E-state index in [9.17, 15) is 22.4 Å². The third-order valence-electron chi connectivity index (χ3n) is 8.94. The third-order valence-corrected chi connectivity index (χ3v) is 8.94. The van der Waals surface area contributed by atoms with Gasteiger partial charge in [-0.1, -0.05) is 18.6 Å². The van der Waals surface area contributed by atoms with Crippen LogP contribution in [0.5, 0.6) is 0 Å². The Morgan fingerprint density at radius 2 is 1.97 bits per heavy atom. The smallest absolute Gasteiger partial charge is 0.321 e. The Balaban J connectivity index is 1.33. The Bertz CT molecular complexity index is 1410. The van der Waals surface area contributed by atoms with Gasteiger partial charge in [0.25, 0.3) is 5.91 Å². The van der Waals surface area contributed by atoms with Crippen molar-refractivity contribution in [2.45, 2.75) is 69.4 Å². The fourth-order valence-corrected chi connectivity index (χ4v) is 6.38. The number of aromatic nitrogens is 3. The minimum atomic E-state index is -4.61. The van der Waals surface area contributed by atoms with E-state index in [0.29, 0.717) is 30.6 Å². The van der Waals surface area contributed by atoms with Crippen molar-refractivity contribution in [3.63, 3.8) is 0 Å². The van der Waals surface area contributed by atoms with Crippen molar-refractivity contribution >= 4 is 11.6 Å². The molecule has 10 heteroatoms. The van der Waals surface area contributed by atoms with Crippen LogP contribution < -0.4 is 4.90 Å². The molecule has 2 atom stereocenters. The van der Waals surface area contributed by atoms with Gasteiger partial charge in [0.05, 0.1) is 12.1 Å². The molecule has 2 aliphatic heterocycles. The average Bonchev–Trinajstić information content (AvgIpc) is 3.58. The number of carbonyl (C=O) groups is 1. The molecule has 0 spiro atoms. The summed E-state index contributed by atoms with van der Waals surface area (Å²) in [6, 6.07) is 9.92. The molecular formula is C29H31F4N5O. The van der Waals surface area contributed by atoms with Crippen LogP contribution in [0.25, 0.3) is 0 Å². The minimum Gasteiger partial charge on any atom is -0.321 e. The summed E-state index contributed by atoms with van der Waals surface area (Å²) in [7, 11) is 1.91. The quantitative estimate of drug-likeness (QED) is 0.372. The van der Waals surface area contributed by atoms with Crippen molar-refractivity contribution in [3.8, 4) is 0 Å². The highest BCUT2D eigenvalue weighted by atomic mass is 19.4. The summed E-state index contributed by atoms with van der Waals surface area (Å²) in [6.45, 7) is 2.29. The van der Waals surface area contributed by atoms with E-state index in [-0.39, 0.29) is 29.6 Å². The molecule has 3 aliphatic rings. The van der Waals surface area contributed by atoms with Crippen LogP contribution in [0.3, 0.4) is 0 Å². The summed E-state index contributed by atoms with van der Waals surface area (Å²) >= 11 is 0. The molecule has 1 saturated carbocycles. The van der Waals surface area contributed by atoms with E-state index in [4.69, 9.17) is 0 Å². The third kappa shape index (κ3) is 4.52. The number of hydrogen-bond acceptors (Lipinski definition) is 4. The van der Waals surface area contributed by atoms with Gasteiger partial charge in [-0.3, -0.25) is 9.69 Å². The van der Waals surface area contributed by atoms with Gasteiger partial charge in [-0.2, -0.15) is 13.2 Å². The lowest BCUT2D eigenvalue weighted by molar-refractivity contribution is -0.138. The predicted molar refractivity (Wildman–Crippen MR) is 138 cm³/mol. The summed E-state index contributed by atoms with van der Waals surface area (Å²) in [4.78, 5) is 16.9. The summed E-state index contributed by atoms with van der Waals surface area (Å²) in [5.41, 5.74) is 1.16. The number of carbonyl (C=O) groups excluding carboxylic acids is 1. The summed E-state index contributed by atoms with van der Waals surface area (Å²) in [5.74, 6) is 0.431. The molecule has 2 aromatic carbocycles. The SMILES string of the molecule is C[C@H](c1cc2c(c(C(F)(F)F)c1)CN(c1cccc(C3(Cc4nncn4C)CCC3)c1)C2=O)N1CC[C@H](F)C1. The van der Waals surface area contributed by atoms with Crippen LogP contribution in [0.1, 0.15) is 77.1 Å². The number of likely N-dealkylation sites (tertiary alicyclic amines) is 1. The monoisotopic (exact) mass is 541 g/mol. The second-order valence-electron chi connectivity index (χ2n) is 11.3. The maximum Gasteiger partial charge on any atom is 0.416 e. The first-order valence-electron chi connectivity index (χ1n) is 13.4. The van der Waals surface area contributed by atoms with Crippen LogP contribution >= 0.6 is 0 Å². The molecule has 0 bridgehead atoms. The maximum absolute atomic E-state index is 14.3. The predicted octanol–water partition coefficient (Wildman–Crippen LogP) is 5.76. The Hall–Kier alpha value is -3.27. The Kier molecular flexibility index (Phi) is 6.28. The van der Waals surface area contributed by atoms with Crippen molar-refractivity contribution in [3.05, 3.63) is 76.4 Å². The van der Waals surface area contributed by atoms with Crippen LogP contribution in [0.2, 0.25) is 0 Å². The van der Waals surface area contributed by atoms with Gasteiger partial charge in [0.1, 0.15) is 18.3 Å². The molecule has 0 unspecified atom stereocenters. The van der Waals surface area contributed by atoms with Crippen molar-refractivity contribution in [1.29, 1.82) is 0 Å². The molecule has 1 amide bonds. The normalized spacial score (nSPS) is 21.7. The van der Waals surface area contributed by atoms with Gasteiger partial charge in [0.2, 0.25) is 0 Å². The van der Waals surface area contributed by atoms with Gasteiger partial charge < -0.3 is 9.47 Å². The van der Waals surface area contributed by atoms with Gasteiger partial charge in [0, 0.05) is 49.3 Å². The summed E-state index contributed by atoms with van der Waals surface area (Å²) in [6.07, 6.45) is 0.149. The molecule has 2 fully saturated rings. The first kappa shape index (κ1) is 26.0. The van der Waals surface area contributed by atoms with E-state index in [1.807, 2.05) is 34.7 Å². The zero-order valence-electron chi connectivity index (χ0n) is 22.0. The molecule has 6 rings (SSSR count). The first-order valence-corrected chi connectivity index (χ1v) is 13.4. The Morgan fingerprint density at radius 1 is 1.18 bits per heavy atom. The highest BCUT2D eigenvalue weighted by molar-refractivity contribution is 6.10. The number of anilines is 1. The molecule has 0 radical (unpaired) electrons. The maximum atomic E-state index is 14.3. The summed E-state index contributed by atoms with van der Waals surface area (Å²) in [5, 5.41) is 8.25. The highest BCUT2D eigenvalue weighted by Crippen LogP contribution is 2.47. The number of alkyl halides is 4. The average molecular weight is 542 g/mol. The number of fused-ring (bicyclic) bond motifs is 1. The lowest BCUT2D eigenvalue weighted by Gasteiger charge is -2.42. The van der Waals surface area contributed by atoms with Gasteiger partial charge in [0.15, 0.2) is 0 Å². The molecule has 3 heterocycles. The number of benzene rings is 2. The molecule has 1 saturated heterocycles. The van der Waals surface area contributed by atoms with Crippen molar-refractivity contribution in [1.82, 2.24) is 19.7 Å². The number of amides is 1. The molecule has 39 heavy (non-hydrogen) atoms. The number of halogens is 4. The van der Waals surface area contributed by atoms with Crippen molar-refractivity contribution in [2.24, 2.45) is 7.05 Å². The number of aryl methyl sites for hydroxylation is 1. The van der Waals surface area contributed by atoms with Crippen LogP contribution in [0, 0.1) is 0 Å². The number of nitrogens with zero attached hydrogens (tertiary/aromatic N) is 5. The molecule has 6 nitrogen and oxygen atoms in total. The van der Waals surface area contributed by atoms with Gasteiger partial charge >= 0.3 is 6.18 Å². The lowest BCUT2D eigenvalue weighted by atomic mass is 9.62. The topological polar surface area (TPSA) is 54.3 Å². The van der Waals surface area contributed by atoms with E-state index in [1.54, 1.807) is 25.4 Å². The second kappa shape index (κ2) is 9.43. The van der Waals surface area contributed by atoms with Crippen LogP contribution in [0.4, 0.5) is 23.2 Å². The molecule has 0 N–H and O–H groups in total.